The molecule has 1 aliphatic rings. The van der Waals surface area contributed by atoms with Crippen LogP contribution in [0.4, 0.5) is 0 Å². The maximum Gasteiger partial charge on any atom is 0.147 e. The van der Waals surface area contributed by atoms with Gasteiger partial charge in [-0.15, -0.1) is 0 Å². The van der Waals surface area contributed by atoms with Crippen LogP contribution >= 0.6 is 0 Å². The molecule has 3 rings (SSSR count). The molecule has 0 aliphatic carbocycles. The summed E-state index contributed by atoms with van der Waals surface area (Å²) in [5, 5.41) is 14.7. The molecule has 0 saturated carbocycles. The van der Waals surface area contributed by atoms with Crippen molar-refractivity contribution in [3.8, 4) is 0 Å². The molecular formula is C17H26N4O3. The molecule has 0 unspecified atom stereocenters. The highest BCUT2D eigenvalue weighted by atomic mass is 16.5. The minimum atomic E-state index is -0.501. The SMILES string of the molecule is Cc1nc(C)n(C[C@H]2CCCN2C[C@@H](O)COCc2ccco2)n1. The summed E-state index contributed by atoms with van der Waals surface area (Å²) in [6.07, 6.45) is 3.40. The highest BCUT2D eigenvalue weighted by molar-refractivity contribution is 4.96. The highest BCUT2D eigenvalue weighted by Gasteiger charge is 2.27. The van der Waals surface area contributed by atoms with Gasteiger partial charge in [0.15, 0.2) is 0 Å². The number of furan rings is 1. The molecule has 2 aromatic heterocycles. The van der Waals surface area contributed by atoms with Crippen molar-refractivity contribution < 1.29 is 14.3 Å². The van der Waals surface area contributed by atoms with E-state index < -0.39 is 6.10 Å². The largest absolute Gasteiger partial charge is 0.467 e. The van der Waals surface area contributed by atoms with Crippen LogP contribution in [0.1, 0.15) is 30.3 Å². The summed E-state index contributed by atoms with van der Waals surface area (Å²) in [5.74, 6) is 2.53. The van der Waals surface area contributed by atoms with Crippen LogP contribution in [-0.2, 0) is 17.9 Å². The molecule has 1 N–H and O–H groups in total. The number of hydrogen-bond donors (Lipinski definition) is 1. The number of aliphatic hydroxyl groups is 1. The first-order valence-electron chi connectivity index (χ1n) is 8.52. The van der Waals surface area contributed by atoms with Crippen molar-refractivity contribution >= 4 is 0 Å². The fourth-order valence-corrected chi connectivity index (χ4v) is 3.29. The lowest BCUT2D eigenvalue weighted by molar-refractivity contribution is 0.00209. The van der Waals surface area contributed by atoms with Crippen LogP contribution in [0.3, 0.4) is 0 Å². The summed E-state index contributed by atoms with van der Waals surface area (Å²) in [7, 11) is 0. The molecule has 1 saturated heterocycles. The van der Waals surface area contributed by atoms with E-state index in [0.717, 1.165) is 43.3 Å². The number of rotatable bonds is 8. The lowest BCUT2D eigenvalue weighted by Gasteiger charge is -2.26. The number of aromatic nitrogens is 3. The minimum absolute atomic E-state index is 0.311. The molecule has 1 aliphatic heterocycles. The van der Waals surface area contributed by atoms with E-state index >= 15 is 0 Å². The second-order valence-electron chi connectivity index (χ2n) is 6.43. The minimum Gasteiger partial charge on any atom is -0.467 e. The normalized spacial score (nSPS) is 19.9. The predicted octanol–water partition coefficient (Wildman–Crippen LogP) is 1.53. The molecule has 0 radical (unpaired) electrons. The van der Waals surface area contributed by atoms with Crippen molar-refractivity contribution in [1.29, 1.82) is 0 Å². The van der Waals surface area contributed by atoms with Crippen LogP contribution < -0.4 is 0 Å². The van der Waals surface area contributed by atoms with Crippen molar-refractivity contribution in [3.05, 3.63) is 35.8 Å². The van der Waals surface area contributed by atoms with E-state index in [1.807, 2.05) is 30.7 Å². The van der Waals surface area contributed by atoms with E-state index in [1.54, 1.807) is 6.26 Å². The Bertz CT molecular complexity index is 626. The van der Waals surface area contributed by atoms with Gasteiger partial charge in [-0.05, 0) is 45.4 Å². The molecular weight excluding hydrogens is 308 g/mol. The smallest absolute Gasteiger partial charge is 0.147 e. The first kappa shape index (κ1) is 17.1. The van der Waals surface area contributed by atoms with Crippen LogP contribution in [0.5, 0.6) is 0 Å². The highest BCUT2D eigenvalue weighted by Crippen LogP contribution is 2.19. The summed E-state index contributed by atoms with van der Waals surface area (Å²) in [4.78, 5) is 6.69. The summed E-state index contributed by atoms with van der Waals surface area (Å²) in [6, 6.07) is 4.09. The molecule has 132 valence electrons. The van der Waals surface area contributed by atoms with E-state index in [1.165, 1.54) is 0 Å². The number of ether oxygens (including phenoxy) is 1. The van der Waals surface area contributed by atoms with Crippen LogP contribution in [-0.4, -0.2) is 56.6 Å². The van der Waals surface area contributed by atoms with Gasteiger partial charge >= 0.3 is 0 Å². The second-order valence-corrected chi connectivity index (χ2v) is 6.43. The molecule has 7 nitrogen and oxygen atoms in total. The van der Waals surface area contributed by atoms with Crippen LogP contribution in [0.15, 0.2) is 22.8 Å². The van der Waals surface area contributed by atoms with Gasteiger partial charge in [-0.2, -0.15) is 5.10 Å². The number of β-amino-alcohol motifs (C(OH)–C–C–N with tert-alkyl or cyclic N) is 1. The van der Waals surface area contributed by atoms with Gasteiger partial charge in [-0.25, -0.2) is 9.67 Å². The van der Waals surface area contributed by atoms with Gasteiger partial charge in [0, 0.05) is 12.6 Å². The third-order valence-electron chi connectivity index (χ3n) is 4.43. The van der Waals surface area contributed by atoms with E-state index in [-0.39, 0.29) is 0 Å². The standard InChI is InChI=1S/C17H26N4O3/c1-13-18-14(2)21(19-13)9-15-5-3-7-20(15)10-16(22)11-23-12-17-6-4-8-24-17/h4,6,8,15-16,22H,3,5,7,9-12H2,1-2H3/t15-,16-/m1/s1. The summed E-state index contributed by atoms with van der Waals surface area (Å²) in [6.45, 7) is 7.05. The van der Waals surface area contributed by atoms with Gasteiger partial charge in [-0.1, -0.05) is 0 Å². The average Bonchev–Trinajstić information content (AvgIpc) is 3.24. The number of likely N-dealkylation sites (tertiary alicyclic amines) is 1. The topological polar surface area (TPSA) is 76.6 Å². The van der Waals surface area contributed by atoms with E-state index in [4.69, 9.17) is 9.15 Å². The van der Waals surface area contributed by atoms with E-state index in [2.05, 4.69) is 15.0 Å². The molecule has 0 bridgehead atoms. The fraction of sp³-hybridized carbons (Fsp3) is 0.647. The van der Waals surface area contributed by atoms with Gasteiger partial charge in [-0.3, -0.25) is 4.90 Å². The third-order valence-corrected chi connectivity index (χ3v) is 4.43. The van der Waals surface area contributed by atoms with Crippen molar-refractivity contribution in [2.75, 3.05) is 19.7 Å². The lowest BCUT2D eigenvalue weighted by Crippen LogP contribution is -2.40. The molecule has 2 atom stereocenters. The van der Waals surface area contributed by atoms with Crippen LogP contribution in [0.25, 0.3) is 0 Å². The zero-order valence-electron chi connectivity index (χ0n) is 14.4. The first-order valence-corrected chi connectivity index (χ1v) is 8.52. The average molecular weight is 334 g/mol. The Hall–Kier alpha value is -1.70. The molecule has 24 heavy (non-hydrogen) atoms. The van der Waals surface area contributed by atoms with Crippen molar-refractivity contribution in [2.45, 2.75) is 52.0 Å². The lowest BCUT2D eigenvalue weighted by atomic mass is 10.2. The Labute approximate surface area is 142 Å². The van der Waals surface area contributed by atoms with Gasteiger partial charge in [0.1, 0.15) is 24.0 Å². The van der Waals surface area contributed by atoms with Gasteiger partial charge in [0.2, 0.25) is 0 Å². The Morgan fingerprint density at radius 1 is 1.46 bits per heavy atom. The molecule has 7 heteroatoms. The third kappa shape index (κ3) is 4.43. The number of hydrogen-bond acceptors (Lipinski definition) is 6. The van der Waals surface area contributed by atoms with Gasteiger partial charge in [0.05, 0.1) is 25.5 Å². The van der Waals surface area contributed by atoms with Crippen molar-refractivity contribution in [2.24, 2.45) is 0 Å². The summed E-state index contributed by atoms with van der Waals surface area (Å²) in [5.41, 5.74) is 0. The Morgan fingerprint density at radius 2 is 2.33 bits per heavy atom. The van der Waals surface area contributed by atoms with E-state index in [9.17, 15) is 5.11 Å². The van der Waals surface area contributed by atoms with Gasteiger partial charge in [0.25, 0.3) is 0 Å². The monoisotopic (exact) mass is 334 g/mol. The van der Waals surface area contributed by atoms with Gasteiger partial charge < -0.3 is 14.3 Å². The second kappa shape index (κ2) is 7.92. The number of aliphatic hydroxyl groups excluding tert-OH is 1. The number of nitrogens with zero attached hydrogens (tertiary/aromatic N) is 4. The molecule has 0 spiro atoms. The fourth-order valence-electron chi connectivity index (χ4n) is 3.29. The maximum absolute atomic E-state index is 10.2. The van der Waals surface area contributed by atoms with E-state index in [0.29, 0.717) is 25.8 Å². The summed E-state index contributed by atoms with van der Waals surface area (Å²) < 4.78 is 12.7. The quantitative estimate of drug-likeness (QED) is 0.789. The molecule has 2 aromatic rings. The zero-order valence-corrected chi connectivity index (χ0v) is 14.4. The van der Waals surface area contributed by atoms with Crippen LogP contribution in [0, 0.1) is 13.8 Å². The number of aryl methyl sites for hydroxylation is 2. The Kier molecular flexibility index (Phi) is 5.65. The van der Waals surface area contributed by atoms with Crippen LogP contribution in [0.2, 0.25) is 0 Å². The van der Waals surface area contributed by atoms with Crippen molar-refractivity contribution in [3.63, 3.8) is 0 Å². The molecule has 0 aromatic carbocycles. The zero-order chi connectivity index (χ0) is 16.9. The summed E-state index contributed by atoms with van der Waals surface area (Å²) >= 11 is 0. The molecule has 1 fully saturated rings. The Morgan fingerprint density at radius 3 is 3.04 bits per heavy atom. The Balaban J connectivity index is 1.45. The first-order chi connectivity index (χ1) is 11.6. The maximum atomic E-state index is 10.2. The van der Waals surface area contributed by atoms with Crippen molar-refractivity contribution in [1.82, 2.24) is 19.7 Å². The molecule has 0 amide bonds. The predicted molar refractivity (Wildman–Crippen MR) is 88.5 cm³/mol. The molecule has 3 heterocycles.